The number of nitrogens with zero attached hydrogens (tertiary/aromatic N) is 1. The van der Waals surface area contributed by atoms with Gasteiger partial charge < -0.3 is 25.4 Å². The van der Waals surface area contributed by atoms with Gasteiger partial charge in [-0.25, -0.2) is 0 Å². The highest BCUT2D eigenvalue weighted by Gasteiger charge is 2.42. The molecule has 2 aromatic rings. The third-order valence-corrected chi connectivity index (χ3v) is 7.54. The Kier molecular flexibility index (Phi) is 8.31. The Morgan fingerprint density at radius 2 is 1.77 bits per heavy atom. The normalized spacial score (nSPS) is 18.8. The molecule has 3 N–H and O–H groups in total. The van der Waals surface area contributed by atoms with Crippen molar-refractivity contribution in [2.24, 2.45) is 5.92 Å². The van der Waals surface area contributed by atoms with Crippen molar-refractivity contribution in [2.45, 2.75) is 50.4 Å². The maximum absolute atomic E-state index is 13.3. The fourth-order valence-corrected chi connectivity index (χ4v) is 5.30. The number of rotatable bonds is 8. The molecule has 1 atom stereocenters. The van der Waals surface area contributed by atoms with Crippen LogP contribution < -0.4 is 15.5 Å². The Balaban J connectivity index is 1.32. The van der Waals surface area contributed by atoms with Gasteiger partial charge in [-0.3, -0.25) is 9.59 Å². The number of benzene rings is 2. The van der Waals surface area contributed by atoms with Gasteiger partial charge in [0.15, 0.2) is 6.29 Å². The molecular formula is C27H34ClN3O4. The average Bonchev–Trinajstić information content (AvgIpc) is 3.37. The molecule has 1 aliphatic heterocycles. The van der Waals surface area contributed by atoms with Crippen LogP contribution in [-0.2, 0) is 9.53 Å². The van der Waals surface area contributed by atoms with E-state index in [4.69, 9.17) is 16.3 Å². The Morgan fingerprint density at radius 1 is 1.11 bits per heavy atom. The molecule has 0 bridgehead atoms. The zero-order valence-corrected chi connectivity index (χ0v) is 20.9. The van der Waals surface area contributed by atoms with Crippen LogP contribution in [0.2, 0.25) is 5.02 Å². The Labute approximate surface area is 211 Å². The summed E-state index contributed by atoms with van der Waals surface area (Å²) in [5.41, 5.74) is 1.40. The number of hydrogen-bond acceptors (Lipinski definition) is 5. The Bertz CT molecular complexity index is 1020. The third-order valence-electron chi connectivity index (χ3n) is 7.28. The summed E-state index contributed by atoms with van der Waals surface area (Å²) in [5.74, 6) is 0.0253. The topological polar surface area (TPSA) is 90.9 Å². The van der Waals surface area contributed by atoms with Crippen LogP contribution in [0.1, 0.15) is 60.7 Å². The van der Waals surface area contributed by atoms with Gasteiger partial charge >= 0.3 is 0 Å². The van der Waals surface area contributed by atoms with Crippen LogP contribution in [-0.4, -0.2) is 49.2 Å². The summed E-state index contributed by atoms with van der Waals surface area (Å²) < 4.78 is 5.12. The van der Waals surface area contributed by atoms with Gasteiger partial charge in [0.1, 0.15) is 5.54 Å². The van der Waals surface area contributed by atoms with Crippen molar-refractivity contribution in [3.63, 3.8) is 0 Å². The number of carbonyl (C=O) groups excluding carboxylic acids is 2. The van der Waals surface area contributed by atoms with Gasteiger partial charge in [0, 0.05) is 48.6 Å². The summed E-state index contributed by atoms with van der Waals surface area (Å²) >= 11 is 5.94. The van der Waals surface area contributed by atoms with Crippen molar-refractivity contribution in [3.8, 4) is 0 Å². The number of halogens is 1. The van der Waals surface area contributed by atoms with E-state index in [1.807, 2.05) is 24.3 Å². The zero-order valence-electron chi connectivity index (χ0n) is 20.1. The van der Waals surface area contributed by atoms with E-state index in [9.17, 15) is 14.7 Å². The summed E-state index contributed by atoms with van der Waals surface area (Å²) in [4.78, 5) is 28.4. The van der Waals surface area contributed by atoms with Crippen LogP contribution in [0.15, 0.2) is 48.5 Å². The molecule has 2 amide bonds. The van der Waals surface area contributed by atoms with Gasteiger partial charge in [0.2, 0.25) is 5.91 Å². The van der Waals surface area contributed by atoms with Gasteiger partial charge in [-0.15, -0.1) is 0 Å². The molecule has 35 heavy (non-hydrogen) atoms. The molecule has 0 aromatic heterocycles. The molecule has 7 nitrogen and oxygen atoms in total. The second-order valence-electron chi connectivity index (χ2n) is 9.54. The van der Waals surface area contributed by atoms with Gasteiger partial charge in [-0.05, 0) is 61.9 Å². The van der Waals surface area contributed by atoms with E-state index in [0.29, 0.717) is 35.9 Å². The molecule has 1 saturated heterocycles. The fourth-order valence-electron chi connectivity index (χ4n) is 5.17. The van der Waals surface area contributed by atoms with Crippen molar-refractivity contribution in [1.29, 1.82) is 0 Å². The first-order valence-electron chi connectivity index (χ1n) is 12.3. The van der Waals surface area contributed by atoms with Crippen LogP contribution in [0, 0.1) is 5.92 Å². The number of carbonyl (C=O) groups is 2. The maximum atomic E-state index is 13.3. The minimum atomic E-state index is -0.950. The number of ether oxygens (including phenoxy) is 1. The lowest BCUT2D eigenvalue weighted by Crippen LogP contribution is -2.57. The van der Waals surface area contributed by atoms with Crippen molar-refractivity contribution in [2.75, 3.05) is 31.6 Å². The van der Waals surface area contributed by atoms with Crippen molar-refractivity contribution in [1.82, 2.24) is 10.6 Å². The first-order valence-corrected chi connectivity index (χ1v) is 12.7. The molecule has 0 spiro atoms. The molecule has 1 saturated carbocycles. The zero-order chi connectivity index (χ0) is 24.8. The number of hydrogen-bond donors (Lipinski definition) is 3. The van der Waals surface area contributed by atoms with Gasteiger partial charge in [-0.1, -0.05) is 42.6 Å². The lowest BCUT2D eigenvalue weighted by atomic mass is 9.93. The van der Waals surface area contributed by atoms with Gasteiger partial charge in [-0.2, -0.15) is 0 Å². The summed E-state index contributed by atoms with van der Waals surface area (Å²) in [5, 5.41) is 16.9. The number of aliphatic hydroxyl groups excluding tert-OH is 1. The molecule has 8 heteroatoms. The van der Waals surface area contributed by atoms with Crippen molar-refractivity contribution >= 4 is 29.1 Å². The van der Waals surface area contributed by atoms with E-state index in [0.717, 1.165) is 50.0 Å². The molecule has 1 heterocycles. The molecule has 2 aromatic carbocycles. The molecule has 1 unspecified atom stereocenters. The molecule has 2 aliphatic rings. The van der Waals surface area contributed by atoms with Crippen LogP contribution in [0.3, 0.4) is 0 Å². The molecule has 1 aliphatic carbocycles. The molecule has 2 fully saturated rings. The molecule has 188 valence electrons. The molecule has 0 radical (unpaired) electrons. The van der Waals surface area contributed by atoms with E-state index < -0.39 is 11.8 Å². The standard InChI is InChI=1S/C27H34ClN3O4/c1-35-25(33)22-6-2-3-7-23(22)31-16-12-19(13-17-31)18-29-26(34)27(14-4-5-15-27)30-24(32)20-8-10-21(28)11-9-20/h2-3,6-11,19,25,33H,4-5,12-18H2,1H3,(H,29,34)(H,30,32). The van der Waals surface area contributed by atoms with E-state index >= 15 is 0 Å². The molecular weight excluding hydrogens is 466 g/mol. The van der Waals surface area contributed by atoms with E-state index in [1.54, 1.807) is 24.3 Å². The highest BCUT2D eigenvalue weighted by Crippen LogP contribution is 2.32. The predicted molar refractivity (Wildman–Crippen MR) is 136 cm³/mol. The van der Waals surface area contributed by atoms with Gasteiger partial charge in [0.25, 0.3) is 5.91 Å². The van der Waals surface area contributed by atoms with Gasteiger partial charge in [0.05, 0.1) is 0 Å². The second-order valence-corrected chi connectivity index (χ2v) is 9.97. The number of nitrogens with one attached hydrogen (secondary N) is 2. The predicted octanol–water partition coefficient (Wildman–Crippen LogP) is 4.05. The lowest BCUT2D eigenvalue weighted by Gasteiger charge is -2.36. The minimum Gasteiger partial charge on any atom is -0.371 e. The first kappa shape index (κ1) is 25.5. The maximum Gasteiger partial charge on any atom is 0.252 e. The Hall–Kier alpha value is -2.61. The van der Waals surface area contributed by atoms with Crippen molar-refractivity contribution < 1.29 is 19.4 Å². The van der Waals surface area contributed by atoms with Crippen LogP contribution >= 0.6 is 11.6 Å². The number of para-hydroxylation sites is 1. The monoisotopic (exact) mass is 499 g/mol. The summed E-state index contributed by atoms with van der Waals surface area (Å²) in [6.07, 6.45) is 4.04. The fraction of sp³-hybridized carbons (Fsp3) is 0.481. The summed E-state index contributed by atoms with van der Waals surface area (Å²) in [6, 6.07) is 14.5. The van der Waals surface area contributed by atoms with E-state index in [2.05, 4.69) is 15.5 Å². The number of methoxy groups -OCH3 is 1. The minimum absolute atomic E-state index is 0.0895. The average molecular weight is 500 g/mol. The number of piperidine rings is 1. The number of amides is 2. The first-order chi connectivity index (χ1) is 16.9. The largest absolute Gasteiger partial charge is 0.371 e. The highest BCUT2D eigenvalue weighted by atomic mass is 35.5. The van der Waals surface area contributed by atoms with Crippen molar-refractivity contribution in [3.05, 3.63) is 64.7 Å². The smallest absolute Gasteiger partial charge is 0.252 e. The second kappa shape index (κ2) is 11.4. The quantitative estimate of drug-likeness (QED) is 0.477. The Morgan fingerprint density at radius 3 is 2.43 bits per heavy atom. The lowest BCUT2D eigenvalue weighted by molar-refractivity contribution is -0.127. The molecule has 4 rings (SSSR count). The highest BCUT2D eigenvalue weighted by molar-refractivity contribution is 6.30. The summed E-state index contributed by atoms with van der Waals surface area (Å²) in [6.45, 7) is 2.27. The summed E-state index contributed by atoms with van der Waals surface area (Å²) in [7, 11) is 1.49. The third kappa shape index (κ3) is 5.97. The van der Waals surface area contributed by atoms with E-state index in [-0.39, 0.29) is 11.8 Å². The van der Waals surface area contributed by atoms with E-state index in [1.165, 1.54) is 7.11 Å². The van der Waals surface area contributed by atoms with Crippen LogP contribution in [0.5, 0.6) is 0 Å². The number of aliphatic hydroxyl groups is 1. The number of anilines is 1. The van der Waals surface area contributed by atoms with Crippen LogP contribution in [0.25, 0.3) is 0 Å². The SMILES string of the molecule is COC(O)c1ccccc1N1CCC(CNC(=O)C2(NC(=O)c3ccc(Cl)cc3)CCCC2)CC1. The van der Waals surface area contributed by atoms with Crippen LogP contribution in [0.4, 0.5) is 5.69 Å².